The number of nitrogens with two attached hydrogens (primary N) is 1. The van der Waals surface area contributed by atoms with E-state index in [1.807, 2.05) is 48.5 Å². The van der Waals surface area contributed by atoms with Crippen LogP contribution in [0.4, 0.5) is 5.82 Å². The second-order valence-corrected chi connectivity index (χ2v) is 6.00. The number of anilines is 1. The number of nitrogens with zero attached hydrogens (tertiary/aromatic N) is 2. The zero-order valence-electron chi connectivity index (χ0n) is 12.8. The third-order valence-electron chi connectivity index (χ3n) is 3.08. The van der Waals surface area contributed by atoms with Gasteiger partial charge >= 0.3 is 5.97 Å². The van der Waals surface area contributed by atoms with Gasteiger partial charge in [-0.3, -0.25) is 4.79 Å². The van der Waals surface area contributed by atoms with Crippen LogP contribution < -0.4 is 5.73 Å². The van der Waals surface area contributed by atoms with E-state index in [4.69, 9.17) is 34.0 Å². The summed E-state index contributed by atoms with van der Waals surface area (Å²) in [7, 11) is 0. The van der Waals surface area contributed by atoms with E-state index in [0.717, 1.165) is 16.5 Å². The number of nitrogen functional groups attached to an aromatic ring is 1. The average molecular weight is 364 g/mol. The van der Waals surface area contributed by atoms with Gasteiger partial charge in [-0.2, -0.15) is 0 Å². The number of hydrogen-bond donors (Lipinski definition) is 2. The molecule has 3 aromatic rings. The Hall–Kier alpha value is -2.37. The number of halogens is 2. The van der Waals surface area contributed by atoms with E-state index >= 15 is 0 Å². The summed E-state index contributed by atoms with van der Waals surface area (Å²) in [6, 6.07) is 15.1. The van der Waals surface area contributed by atoms with Gasteiger partial charge in [0.15, 0.2) is 5.82 Å². The largest absolute Gasteiger partial charge is 0.480 e. The molecule has 5 nitrogen and oxygen atoms in total. The predicted molar refractivity (Wildman–Crippen MR) is 97.3 cm³/mol. The van der Waals surface area contributed by atoms with Crippen molar-refractivity contribution >= 4 is 45.9 Å². The van der Waals surface area contributed by atoms with Crippen LogP contribution in [0, 0.1) is 0 Å². The number of alkyl halides is 1. The first-order chi connectivity index (χ1) is 11.4. The lowest BCUT2D eigenvalue weighted by Crippen LogP contribution is -2.06. The standard InChI is InChI=1S/C14H10ClN3.C3H5ClO2/c15-10-7-5-9(6-8-10)14-17-12-4-2-1-3-11(12)13(16)18-14;1-2(4)3(5)6/h1-8H,(H2,16,17,18);2H,1H3,(H,5,6)/t;2-/m.0/s1. The van der Waals surface area contributed by atoms with Gasteiger partial charge in [-0.05, 0) is 43.3 Å². The van der Waals surface area contributed by atoms with Crippen LogP contribution in [0.25, 0.3) is 22.3 Å². The fraction of sp³-hybridized carbons (Fsp3) is 0.118. The van der Waals surface area contributed by atoms with E-state index in [9.17, 15) is 4.79 Å². The molecule has 0 aliphatic carbocycles. The van der Waals surface area contributed by atoms with Crippen LogP contribution in [0.5, 0.6) is 0 Å². The first kappa shape index (κ1) is 18.0. The minimum absolute atomic E-state index is 0.491. The Kier molecular flexibility index (Phi) is 5.95. The molecule has 2 aromatic carbocycles. The minimum atomic E-state index is -0.975. The van der Waals surface area contributed by atoms with Gasteiger partial charge in [0.25, 0.3) is 0 Å². The maximum atomic E-state index is 9.57. The van der Waals surface area contributed by atoms with Gasteiger partial charge in [-0.1, -0.05) is 23.7 Å². The Morgan fingerprint density at radius 1 is 1.12 bits per heavy atom. The van der Waals surface area contributed by atoms with Gasteiger partial charge < -0.3 is 10.8 Å². The van der Waals surface area contributed by atoms with Crippen molar-refractivity contribution in [2.45, 2.75) is 12.3 Å². The van der Waals surface area contributed by atoms with E-state index in [-0.39, 0.29) is 0 Å². The Morgan fingerprint density at radius 2 is 1.71 bits per heavy atom. The van der Waals surface area contributed by atoms with E-state index < -0.39 is 11.3 Å². The normalized spacial score (nSPS) is 11.5. The Balaban J connectivity index is 0.000000301. The number of aromatic nitrogens is 2. The van der Waals surface area contributed by atoms with Crippen molar-refractivity contribution in [3.05, 3.63) is 53.6 Å². The number of carbonyl (C=O) groups is 1. The van der Waals surface area contributed by atoms with Crippen LogP contribution in [0.1, 0.15) is 6.92 Å². The highest BCUT2D eigenvalue weighted by atomic mass is 35.5. The molecule has 7 heteroatoms. The highest BCUT2D eigenvalue weighted by molar-refractivity contribution is 6.30. The number of benzene rings is 2. The molecule has 1 heterocycles. The highest BCUT2D eigenvalue weighted by Crippen LogP contribution is 2.23. The second kappa shape index (κ2) is 7.95. The van der Waals surface area contributed by atoms with Crippen LogP contribution >= 0.6 is 23.2 Å². The van der Waals surface area contributed by atoms with Crippen molar-refractivity contribution in [1.29, 1.82) is 0 Å². The zero-order chi connectivity index (χ0) is 17.7. The summed E-state index contributed by atoms with van der Waals surface area (Å²) < 4.78 is 0. The van der Waals surface area contributed by atoms with Crippen molar-refractivity contribution in [3.8, 4) is 11.4 Å². The monoisotopic (exact) mass is 363 g/mol. The number of para-hydroxylation sites is 1. The molecule has 0 aliphatic rings. The minimum Gasteiger partial charge on any atom is -0.480 e. The Labute approximate surface area is 149 Å². The van der Waals surface area contributed by atoms with Gasteiger partial charge in [0.2, 0.25) is 0 Å². The van der Waals surface area contributed by atoms with Crippen molar-refractivity contribution in [1.82, 2.24) is 9.97 Å². The number of carboxylic acid groups (broad SMARTS) is 1. The van der Waals surface area contributed by atoms with Crippen molar-refractivity contribution in [2.75, 3.05) is 5.73 Å². The van der Waals surface area contributed by atoms with Crippen molar-refractivity contribution in [2.24, 2.45) is 0 Å². The summed E-state index contributed by atoms with van der Waals surface area (Å²) in [5, 5.41) is 8.66. The molecule has 0 saturated heterocycles. The summed E-state index contributed by atoms with van der Waals surface area (Å²) in [5.41, 5.74) is 7.69. The molecule has 0 saturated carbocycles. The molecule has 3 rings (SSSR count). The Bertz CT molecular complexity index is 852. The van der Waals surface area contributed by atoms with E-state index in [0.29, 0.717) is 16.7 Å². The van der Waals surface area contributed by atoms with Gasteiger partial charge in [0.05, 0.1) is 5.52 Å². The smallest absolute Gasteiger partial charge is 0.321 e. The van der Waals surface area contributed by atoms with Gasteiger partial charge in [0, 0.05) is 16.0 Å². The highest BCUT2D eigenvalue weighted by Gasteiger charge is 2.06. The molecule has 24 heavy (non-hydrogen) atoms. The van der Waals surface area contributed by atoms with Gasteiger partial charge in [-0.25, -0.2) is 9.97 Å². The summed E-state index contributed by atoms with van der Waals surface area (Å²) in [4.78, 5) is 18.4. The molecular formula is C17H15Cl2N3O2. The van der Waals surface area contributed by atoms with E-state index in [1.54, 1.807) is 0 Å². The zero-order valence-corrected chi connectivity index (χ0v) is 14.3. The molecule has 1 aromatic heterocycles. The van der Waals surface area contributed by atoms with Crippen LogP contribution in [0.2, 0.25) is 5.02 Å². The third-order valence-corrected chi connectivity index (χ3v) is 3.51. The molecular weight excluding hydrogens is 349 g/mol. The maximum absolute atomic E-state index is 9.57. The maximum Gasteiger partial charge on any atom is 0.321 e. The lowest BCUT2D eigenvalue weighted by atomic mass is 10.2. The predicted octanol–water partition coefficient (Wildman–Crippen LogP) is 4.23. The first-order valence-electron chi connectivity index (χ1n) is 7.03. The second-order valence-electron chi connectivity index (χ2n) is 4.91. The van der Waals surface area contributed by atoms with Gasteiger partial charge in [0.1, 0.15) is 11.2 Å². The third kappa shape index (κ3) is 4.57. The number of fused-ring (bicyclic) bond motifs is 1. The number of hydrogen-bond acceptors (Lipinski definition) is 4. The van der Waals surface area contributed by atoms with E-state index in [1.165, 1.54) is 6.92 Å². The molecule has 0 aliphatic heterocycles. The molecule has 0 radical (unpaired) electrons. The molecule has 0 bridgehead atoms. The molecule has 0 spiro atoms. The topological polar surface area (TPSA) is 89.1 Å². The first-order valence-corrected chi connectivity index (χ1v) is 7.85. The number of rotatable bonds is 2. The molecule has 0 fully saturated rings. The number of carboxylic acids is 1. The summed E-state index contributed by atoms with van der Waals surface area (Å²) in [6.07, 6.45) is 0. The van der Waals surface area contributed by atoms with Crippen molar-refractivity contribution < 1.29 is 9.90 Å². The van der Waals surface area contributed by atoms with Crippen molar-refractivity contribution in [3.63, 3.8) is 0 Å². The molecule has 1 atom stereocenters. The van der Waals surface area contributed by atoms with Gasteiger partial charge in [-0.15, -0.1) is 11.6 Å². The van der Waals surface area contributed by atoms with Crippen LogP contribution in [0.15, 0.2) is 48.5 Å². The SMILES string of the molecule is C[C@H](Cl)C(=O)O.Nc1nc(-c2ccc(Cl)cc2)nc2ccccc12. The molecule has 0 unspecified atom stereocenters. The average Bonchev–Trinajstić information content (AvgIpc) is 2.56. The molecule has 3 N–H and O–H groups in total. The van der Waals surface area contributed by atoms with Crippen LogP contribution in [0.3, 0.4) is 0 Å². The fourth-order valence-corrected chi connectivity index (χ4v) is 1.96. The quantitative estimate of drug-likeness (QED) is 0.664. The lowest BCUT2D eigenvalue weighted by molar-refractivity contribution is -0.136. The summed E-state index contributed by atoms with van der Waals surface area (Å²) in [6.45, 7) is 1.41. The van der Waals surface area contributed by atoms with Crippen LogP contribution in [-0.2, 0) is 4.79 Å². The summed E-state index contributed by atoms with van der Waals surface area (Å²) >= 11 is 10.9. The van der Waals surface area contributed by atoms with Crippen LogP contribution in [-0.4, -0.2) is 26.4 Å². The molecule has 124 valence electrons. The molecule has 0 amide bonds. The fourth-order valence-electron chi connectivity index (χ4n) is 1.83. The lowest BCUT2D eigenvalue weighted by Gasteiger charge is -2.05. The Morgan fingerprint density at radius 3 is 2.29 bits per heavy atom. The van der Waals surface area contributed by atoms with E-state index in [2.05, 4.69) is 9.97 Å². The number of aliphatic carboxylic acids is 1. The summed E-state index contributed by atoms with van der Waals surface area (Å²) in [5.74, 6) is 0.130.